The van der Waals surface area contributed by atoms with E-state index in [4.69, 9.17) is 10.8 Å². The molecule has 0 aliphatic rings. The first-order chi connectivity index (χ1) is 5.63. The second-order valence-electron chi connectivity index (χ2n) is 2.62. The van der Waals surface area contributed by atoms with Gasteiger partial charge >= 0.3 is 0 Å². The molecule has 0 radical (unpaired) electrons. The Bertz CT molecular complexity index is 122. The minimum absolute atomic E-state index is 0.237. The molecule has 0 spiro atoms. The molecule has 0 unspecified atom stereocenters. The number of aliphatic hydroxyl groups excluding tert-OH is 1. The van der Waals surface area contributed by atoms with E-state index >= 15 is 0 Å². The fourth-order valence-corrected chi connectivity index (χ4v) is 0.548. The lowest BCUT2D eigenvalue weighted by molar-refractivity contribution is 0.366. The van der Waals surface area contributed by atoms with E-state index in [-0.39, 0.29) is 5.88 Å². The van der Waals surface area contributed by atoms with Gasteiger partial charge in [-0.1, -0.05) is 20.3 Å². The predicted molar refractivity (Wildman–Crippen MR) is 54.0 cm³/mol. The topological polar surface area (TPSA) is 58.3 Å². The zero-order chi connectivity index (χ0) is 9.98. The maximum atomic E-state index is 8.97. The van der Waals surface area contributed by atoms with Crippen molar-refractivity contribution in [3.05, 3.63) is 11.5 Å². The standard InChI is InChI=1S/C6H14N2O.C3H8/c1-5(3-4-7)6(9)8-2;1-3-2/h8-9H,3-4,7H2,1-2H3;3H2,1-2H3/b6-5+;. The zero-order valence-electron chi connectivity index (χ0n) is 8.65. The largest absolute Gasteiger partial charge is 0.495 e. The minimum atomic E-state index is 0.237. The molecular weight excluding hydrogens is 152 g/mol. The van der Waals surface area contributed by atoms with Crippen molar-refractivity contribution in [2.45, 2.75) is 33.6 Å². The van der Waals surface area contributed by atoms with Gasteiger partial charge in [0.05, 0.1) is 0 Å². The van der Waals surface area contributed by atoms with Crippen LogP contribution in [-0.4, -0.2) is 18.7 Å². The second kappa shape index (κ2) is 10.3. The van der Waals surface area contributed by atoms with E-state index in [9.17, 15) is 0 Å². The fraction of sp³-hybridized carbons (Fsp3) is 0.778. The molecule has 0 aliphatic heterocycles. The smallest absolute Gasteiger partial charge is 0.182 e. The third-order valence-corrected chi connectivity index (χ3v) is 1.16. The maximum Gasteiger partial charge on any atom is 0.182 e. The number of nitrogens with one attached hydrogen (secondary N) is 1. The summed E-state index contributed by atoms with van der Waals surface area (Å²) in [4.78, 5) is 0. The van der Waals surface area contributed by atoms with Crippen molar-refractivity contribution in [1.82, 2.24) is 5.32 Å². The van der Waals surface area contributed by atoms with Crippen molar-refractivity contribution < 1.29 is 5.11 Å². The lowest BCUT2D eigenvalue weighted by Gasteiger charge is -2.02. The van der Waals surface area contributed by atoms with Crippen LogP contribution in [0.1, 0.15) is 33.6 Å². The van der Waals surface area contributed by atoms with E-state index in [0.29, 0.717) is 6.54 Å². The van der Waals surface area contributed by atoms with Crippen LogP contribution in [0.25, 0.3) is 0 Å². The van der Waals surface area contributed by atoms with Gasteiger partial charge in [-0.05, 0) is 25.5 Å². The molecular formula is C9H22N2O. The monoisotopic (exact) mass is 174 g/mol. The summed E-state index contributed by atoms with van der Waals surface area (Å²) in [5.41, 5.74) is 6.15. The Morgan fingerprint density at radius 2 is 1.83 bits per heavy atom. The number of hydrogen-bond donors (Lipinski definition) is 3. The van der Waals surface area contributed by atoms with Crippen LogP contribution in [0.3, 0.4) is 0 Å². The van der Waals surface area contributed by atoms with Crippen LogP contribution >= 0.6 is 0 Å². The normalized spacial score (nSPS) is 11.1. The maximum absolute atomic E-state index is 8.97. The van der Waals surface area contributed by atoms with E-state index in [1.54, 1.807) is 7.05 Å². The lowest BCUT2D eigenvalue weighted by atomic mass is 10.2. The zero-order valence-corrected chi connectivity index (χ0v) is 8.65. The molecule has 4 N–H and O–H groups in total. The van der Waals surface area contributed by atoms with Gasteiger partial charge in [-0.3, -0.25) is 0 Å². The van der Waals surface area contributed by atoms with Crippen LogP contribution in [0.15, 0.2) is 11.5 Å². The number of rotatable bonds is 3. The van der Waals surface area contributed by atoms with Gasteiger partial charge < -0.3 is 16.2 Å². The highest BCUT2D eigenvalue weighted by molar-refractivity contribution is 5.01. The summed E-state index contributed by atoms with van der Waals surface area (Å²) >= 11 is 0. The van der Waals surface area contributed by atoms with Gasteiger partial charge in [0.2, 0.25) is 0 Å². The van der Waals surface area contributed by atoms with Gasteiger partial charge in [0.1, 0.15) is 0 Å². The third kappa shape index (κ3) is 9.30. The van der Waals surface area contributed by atoms with Crippen LogP contribution < -0.4 is 11.1 Å². The van der Waals surface area contributed by atoms with Gasteiger partial charge in [-0.2, -0.15) is 0 Å². The number of hydrogen-bond acceptors (Lipinski definition) is 3. The van der Waals surface area contributed by atoms with E-state index in [0.717, 1.165) is 12.0 Å². The molecule has 0 saturated heterocycles. The summed E-state index contributed by atoms with van der Waals surface area (Å²) < 4.78 is 0. The van der Waals surface area contributed by atoms with Gasteiger partial charge in [0, 0.05) is 7.05 Å². The Labute approximate surface area is 75.7 Å². The molecule has 0 aromatic heterocycles. The van der Waals surface area contributed by atoms with Gasteiger partial charge in [0.15, 0.2) is 5.88 Å². The number of aliphatic hydroxyl groups is 1. The van der Waals surface area contributed by atoms with Gasteiger partial charge in [-0.25, -0.2) is 0 Å². The van der Waals surface area contributed by atoms with Crippen molar-refractivity contribution in [3.8, 4) is 0 Å². The summed E-state index contributed by atoms with van der Waals surface area (Å²) in [5, 5.41) is 11.6. The van der Waals surface area contributed by atoms with E-state index in [2.05, 4.69) is 19.2 Å². The molecule has 0 rings (SSSR count). The summed E-state index contributed by atoms with van der Waals surface area (Å²) in [6, 6.07) is 0. The highest BCUT2D eigenvalue weighted by atomic mass is 16.3. The van der Waals surface area contributed by atoms with E-state index in [1.165, 1.54) is 6.42 Å². The molecule has 3 heteroatoms. The molecule has 0 aliphatic carbocycles. The van der Waals surface area contributed by atoms with E-state index in [1.807, 2.05) is 6.92 Å². The average Bonchev–Trinajstić information content (AvgIpc) is 2.05. The Kier molecular flexibility index (Phi) is 11.9. The van der Waals surface area contributed by atoms with Crippen molar-refractivity contribution in [2.24, 2.45) is 5.73 Å². The highest BCUT2D eigenvalue weighted by Gasteiger charge is 1.93. The van der Waals surface area contributed by atoms with Crippen LogP contribution in [0.5, 0.6) is 0 Å². The summed E-state index contributed by atoms with van der Waals surface area (Å²) in [6.07, 6.45) is 1.99. The quantitative estimate of drug-likeness (QED) is 0.571. The molecule has 12 heavy (non-hydrogen) atoms. The molecule has 0 saturated carbocycles. The lowest BCUT2D eigenvalue weighted by Crippen LogP contribution is -2.09. The summed E-state index contributed by atoms with van der Waals surface area (Å²) in [6.45, 7) is 6.68. The van der Waals surface area contributed by atoms with Crippen molar-refractivity contribution in [1.29, 1.82) is 0 Å². The van der Waals surface area contributed by atoms with Crippen molar-refractivity contribution in [3.63, 3.8) is 0 Å². The first kappa shape index (κ1) is 13.9. The Hall–Kier alpha value is -0.700. The first-order valence-electron chi connectivity index (χ1n) is 4.40. The SMILES string of the molecule is CCC.CN/C(O)=C(/C)CCN. The van der Waals surface area contributed by atoms with Crippen molar-refractivity contribution >= 4 is 0 Å². The molecule has 0 aromatic rings. The molecule has 3 nitrogen and oxygen atoms in total. The summed E-state index contributed by atoms with van der Waals surface area (Å²) in [7, 11) is 1.68. The average molecular weight is 174 g/mol. The van der Waals surface area contributed by atoms with Gasteiger partial charge in [-0.15, -0.1) is 0 Å². The molecule has 0 heterocycles. The minimum Gasteiger partial charge on any atom is -0.495 e. The molecule has 0 amide bonds. The number of nitrogens with two attached hydrogens (primary N) is 1. The molecule has 0 aromatic carbocycles. The predicted octanol–water partition coefficient (Wildman–Crippen LogP) is 1.76. The van der Waals surface area contributed by atoms with Crippen molar-refractivity contribution in [2.75, 3.05) is 13.6 Å². The fourth-order valence-electron chi connectivity index (χ4n) is 0.548. The van der Waals surface area contributed by atoms with Crippen LogP contribution in [0, 0.1) is 0 Å². The van der Waals surface area contributed by atoms with E-state index < -0.39 is 0 Å². The Morgan fingerprint density at radius 3 is 2.08 bits per heavy atom. The Balaban J connectivity index is 0. The van der Waals surface area contributed by atoms with Crippen LogP contribution in [-0.2, 0) is 0 Å². The molecule has 74 valence electrons. The Morgan fingerprint density at radius 1 is 1.42 bits per heavy atom. The second-order valence-corrected chi connectivity index (χ2v) is 2.62. The molecule has 0 atom stereocenters. The third-order valence-electron chi connectivity index (χ3n) is 1.16. The molecule has 0 bridgehead atoms. The highest BCUT2D eigenvalue weighted by Crippen LogP contribution is 1.99. The molecule has 0 fully saturated rings. The van der Waals surface area contributed by atoms with Crippen LogP contribution in [0.2, 0.25) is 0 Å². The van der Waals surface area contributed by atoms with Gasteiger partial charge in [0.25, 0.3) is 0 Å². The summed E-state index contributed by atoms with van der Waals surface area (Å²) in [5.74, 6) is 0.237. The first-order valence-corrected chi connectivity index (χ1v) is 4.40. The van der Waals surface area contributed by atoms with Crippen LogP contribution in [0.4, 0.5) is 0 Å².